The Labute approximate surface area is 152 Å². The summed E-state index contributed by atoms with van der Waals surface area (Å²) in [6, 6.07) is 5.97. The Morgan fingerprint density at radius 2 is 1.96 bits per heavy atom. The van der Waals surface area contributed by atoms with Crippen molar-refractivity contribution in [2.24, 2.45) is 5.92 Å². The first-order chi connectivity index (χ1) is 12.0. The van der Waals surface area contributed by atoms with Gasteiger partial charge in [-0.2, -0.15) is 5.10 Å². The van der Waals surface area contributed by atoms with Crippen molar-refractivity contribution in [3.05, 3.63) is 47.0 Å². The van der Waals surface area contributed by atoms with E-state index >= 15 is 0 Å². The van der Waals surface area contributed by atoms with Crippen molar-refractivity contribution >= 4 is 11.9 Å². The van der Waals surface area contributed by atoms with Gasteiger partial charge in [0.25, 0.3) is 5.91 Å². The molecule has 0 fully saturated rings. The zero-order valence-electron chi connectivity index (χ0n) is 15.6. The summed E-state index contributed by atoms with van der Waals surface area (Å²) in [7, 11) is 0. The van der Waals surface area contributed by atoms with Gasteiger partial charge in [-0.3, -0.25) is 9.59 Å². The second kappa shape index (κ2) is 7.27. The normalized spacial score (nSPS) is 13.5. The molecule has 0 saturated carbocycles. The molecule has 1 heterocycles. The smallest absolute Gasteiger partial charge is 0.305 e. The number of halogens is 1. The van der Waals surface area contributed by atoms with Crippen LogP contribution in [0.15, 0.2) is 24.3 Å². The Morgan fingerprint density at radius 3 is 2.42 bits per heavy atom. The van der Waals surface area contributed by atoms with E-state index in [9.17, 15) is 14.0 Å². The first-order valence-electron chi connectivity index (χ1n) is 8.41. The van der Waals surface area contributed by atoms with Gasteiger partial charge in [-0.1, -0.05) is 13.8 Å². The number of aryl methyl sites for hydroxylation is 2. The lowest BCUT2D eigenvalue weighted by Gasteiger charge is -2.33. The van der Waals surface area contributed by atoms with E-state index in [-0.39, 0.29) is 23.6 Å². The number of hydrogen-bond donors (Lipinski definition) is 2. The molecule has 0 aliphatic heterocycles. The topological polar surface area (TPSA) is 84.2 Å². The maximum Gasteiger partial charge on any atom is 0.305 e. The molecule has 0 radical (unpaired) electrons. The van der Waals surface area contributed by atoms with Gasteiger partial charge in [0.15, 0.2) is 0 Å². The lowest BCUT2D eigenvalue weighted by Crippen LogP contribution is -2.51. The summed E-state index contributed by atoms with van der Waals surface area (Å²) >= 11 is 0. The van der Waals surface area contributed by atoms with Gasteiger partial charge < -0.3 is 10.4 Å². The quantitative estimate of drug-likeness (QED) is 0.827. The summed E-state index contributed by atoms with van der Waals surface area (Å²) in [5.41, 5.74) is 1.00. The first kappa shape index (κ1) is 19.6. The number of nitrogens with one attached hydrogen (secondary N) is 1. The molecule has 26 heavy (non-hydrogen) atoms. The molecule has 2 rings (SSSR count). The standard InChI is InChI=1S/C19H24FN3O3/c1-11(2)19(5,10-17(24)25)21-18(26)14-6-7-16(15(20)9-14)23-13(4)8-12(3)22-23/h6-9,11H,10H2,1-5H3,(H,21,26)(H,24,25). The molecule has 2 aromatic rings. The second-order valence-electron chi connectivity index (χ2n) is 7.10. The van der Waals surface area contributed by atoms with Gasteiger partial charge in [-0.05, 0) is 51.0 Å². The minimum Gasteiger partial charge on any atom is -0.481 e. The SMILES string of the molecule is Cc1cc(C)n(-c2ccc(C(=O)NC(C)(CC(=O)O)C(C)C)cc2F)n1. The summed E-state index contributed by atoms with van der Waals surface area (Å²) in [5.74, 6) is -2.21. The van der Waals surface area contributed by atoms with E-state index in [1.165, 1.54) is 16.8 Å². The van der Waals surface area contributed by atoms with Crippen LogP contribution >= 0.6 is 0 Å². The van der Waals surface area contributed by atoms with E-state index in [0.717, 1.165) is 17.5 Å². The van der Waals surface area contributed by atoms with E-state index in [1.54, 1.807) is 6.92 Å². The minimum absolute atomic E-state index is 0.110. The Morgan fingerprint density at radius 1 is 1.31 bits per heavy atom. The highest BCUT2D eigenvalue weighted by molar-refractivity contribution is 5.95. The molecular formula is C19H24FN3O3. The number of carbonyl (C=O) groups excluding carboxylic acids is 1. The highest BCUT2D eigenvalue weighted by Crippen LogP contribution is 2.23. The number of hydrogen-bond acceptors (Lipinski definition) is 3. The third kappa shape index (κ3) is 4.09. The third-order valence-electron chi connectivity index (χ3n) is 4.64. The number of benzene rings is 1. The highest BCUT2D eigenvalue weighted by Gasteiger charge is 2.33. The summed E-state index contributed by atoms with van der Waals surface area (Å²) in [5, 5.41) is 16.1. The van der Waals surface area contributed by atoms with Crippen LogP contribution in [-0.4, -0.2) is 32.3 Å². The van der Waals surface area contributed by atoms with E-state index < -0.39 is 23.2 Å². The largest absolute Gasteiger partial charge is 0.481 e. The molecule has 1 atom stereocenters. The Bertz CT molecular complexity index is 845. The lowest BCUT2D eigenvalue weighted by molar-refractivity contribution is -0.138. The van der Waals surface area contributed by atoms with Crippen LogP contribution in [0.2, 0.25) is 0 Å². The van der Waals surface area contributed by atoms with Crippen molar-refractivity contribution < 1.29 is 19.1 Å². The highest BCUT2D eigenvalue weighted by atomic mass is 19.1. The maximum atomic E-state index is 14.6. The van der Waals surface area contributed by atoms with Gasteiger partial charge >= 0.3 is 5.97 Å². The molecule has 0 aliphatic rings. The fraction of sp³-hybridized carbons (Fsp3) is 0.421. The zero-order valence-corrected chi connectivity index (χ0v) is 15.6. The molecule has 1 aromatic carbocycles. The number of amides is 1. The molecule has 6 nitrogen and oxygen atoms in total. The number of carbonyl (C=O) groups is 2. The molecule has 0 bridgehead atoms. The summed E-state index contributed by atoms with van der Waals surface area (Å²) in [6.07, 6.45) is -0.220. The minimum atomic E-state index is -1.01. The van der Waals surface area contributed by atoms with Gasteiger partial charge in [0.2, 0.25) is 0 Å². The number of aromatic nitrogens is 2. The molecule has 0 aliphatic carbocycles. The van der Waals surface area contributed by atoms with Crippen LogP contribution < -0.4 is 5.32 Å². The van der Waals surface area contributed by atoms with E-state index in [1.807, 2.05) is 33.8 Å². The van der Waals surface area contributed by atoms with Crippen molar-refractivity contribution in [2.45, 2.75) is 46.6 Å². The van der Waals surface area contributed by atoms with Crippen molar-refractivity contribution in [1.82, 2.24) is 15.1 Å². The fourth-order valence-corrected chi connectivity index (χ4v) is 2.73. The van der Waals surface area contributed by atoms with Crippen LogP contribution in [0.25, 0.3) is 5.69 Å². The van der Waals surface area contributed by atoms with Crippen LogP contribution in [0, 0.1) is 25.6 Å². The Hall–Kier alpha value is -2.70. The van der Waals surface area contributed by atoms with Crippen LogP contribution in [0.4, 0.5) is 4.39 Å². The number of aliphatic carboxylic acids is 1. The number of carboxylic acid groups (broad SMARTS) is 1. The summed E-state index contributed by atoms with van der Waals surface area (Å²) < 4.78 is 16.0. The van der Waals surface area contributed by atoms with Gasteiger partial charge in [0.1, 0.15) is 11.5 Å². The van der Waals surface area contributed by atoms with Crippen molar-refractivity contribution in [1.29, 1.82) is 0 Å². The van der Waals surface area contributed by atoms with Gasteiger partial charge in [-0.15, -0.1) is 0 Å². The summed E-state index contributed by atoms with van der Waals surface area (Å²) in [6.45, 7) is 8.97. The molecule has 1 aromatic heterocycles. The van der Waals surface area contributed by atoms with E-state index in [2.05, 4.69) is 10.4 Å². The molecule has 7 heteroatoms. The van der Waals surface area contributed by atoms with Crippen LogP contribution in [0.3, 0.4) is 0 Å². The number of carboxylic acids is 1. The fourth-order valence-electron chi connectivity index (χ4n) is 2.73. The first-order valence-corrected chi connectivity index (χ1v) is 8.41. The van der Waals surface area contributed by atoms with Gasteiger partial charge in [0, 0.05) is 11.3 Å². The second-order valence-corrected chi connectivity index (χ2v) is 7.10. The van der Waals surface area contributed by atoms with Gasteiger partial charge in [-0.25, -0.2) is 9.07 Å². The predicted molar refractivity (Wildman–Crippen MR) is 96.0 cm³/mol. The van der Waals surface area contributed by atoms with Crippen molar-refractivity contribution in [3.63, 3.8) is 0 Å². The molecule has 0 saturated heterocycles. The Kier molecular flexibility index (Phi) is 5.49. The van der Waals surface area contributed by atoms with E-state index in [0.29, 0.717) is 0 Å². The predicted octanol–water partition coefficient (Wildman–Crippen LogP) is 3.25. The lowest BCUT2D eigenvalue weighted by atomic mass is 9.85. The van der Waals surface area contributed by atoms with Crippen molar-refractivity contribution in [2.75, 3.05) is 0 Å². The molecule has 1 unspecified atom stereocenters. The molecule has 0 spiro atoms. The van der Waals surface area contributed by atoms with Crippen LogP contribution in [0.5, 0.6) is 0 Å². The average molecular weight is 361 g/mol. The number of rotatable bonds is 6. The molecule has 2 N–H and O–H groups in total. The van der Waals surface area contributed by atoms with E-state index in [4.69, 9.17) is 5.11 Å². The zero-order chi connectivity index (χ0) is 19.6. The maximum absolute atomic E-state index is 14.6. The van der Waals surface area contributed by atoms with Gasteiger partial charge in [0.05, 0.1) is 17.7 Å². The number of nitrogens with zero attached hydrogens (tertiary/aromatic N) is 2. The summed E-state index contributed by atoms with van der Waals surface area (Å²) in [4.78, 5) is 23.6. The average Bonchev–Trinajstić information content (AvgIpc) is 2.84. The van der Waals surface area contributed by atoms with Crippen LogP contribution in [0.1, 0.15) is 48.9 Å². The molecule has 140 valence electrons. The molecule has 1 amide bonds. The monoisotopic (exact) mass is 361 g/mol. The Balaban J connectivity index is 2.29. The molecular weight excluding hydrogens is 337 g/mol. The van der Waals surface area contributed by atoms with Crippen molar-refractivity contribution in [3.8, 4) is 5.69 Å². The third-order valence-corrected chi connectivity index (χ3v) is 4.64. The van der Waals surface area contributed by atoms with Crippen LogP contribution in [-0.2, 0) is 4.79 Å².